The van der Waals surface area contributed by atoms with Crippen LogP contribution in [0, 0.1) is 22.7 Å². The fourth-order valence-corrected chi connectivity index (χ4v) is 8.97. The van der Waals surface area contributed by atoms with Gasteiger partial charge in [0, 0.05) is 13.8 Å². The van der Waals surface area contributed by atoms with Crippen molar-refractivity contribution in [3.63, 3.8) is 0 Å². The molecule has 0 aliphatic carbocycles. The highest BCUT2D eigenvalue weighted by Crippen LogP contribution is 2.11. The highest BCUT2D eigenvalue weighted by molar-refractivity contribution is 7.20. The molecule has 0 amide bonds. The minimum absolute atomic E-state index is 1.22. The Labute approximate surface area is 404 Å². The summed E-state index contributed by atoms with van der Waals surface area (Å²) in [6, 6.07) is 90.6. The van der Waals surface area contributed by atoms with Gasteiger partial charge in [-0.3, -0.25) is 9.97 Å². The summed E-state index contributed by atoms with van der Waals surface area (Å²) < 4.78 is 3.89. The minimum Gasteiger partial charge on any atom is -0.250 e. The SMILES string of the molecule is CC#N.CC#N.C[n+]1cc[nH]c1.C[n+]1cc[nH]c1.c1ccc([B-](c2ccccc2)(c2ccccc2)c2ccccc2)cc1.c1ccc([B-](c2ccccc2)(c2ccccc2)c2ccccc2)cc1. The van der Waals surface area contributed by atoms with Crippen molar-refractivity contribution in [3.8, 4) is 12.1 Å². The molecule has 6 nitrogen and oxygen atoms in total. The lowest BCUT2D eigenvalue weighted by Gasteiger charge is -2.44. The fourth-order valence-electron chi connectivity index (χ4n) is 8.97. The first-order chi connectivity index (χ1) is 33.5. The van der Waals surface area contributed by atoms with Crippen LogP contribution in [-0.4, -0.2) is 22.3 Å². The van der Waals surface area contributed by atoms with Crippen molar-refractivity contribution in [3.05, 3.63) is 280 Å². The Balaban J connectivity index is 0.000000187. The Morgan fingerprint density at radius 2 is 0.456 bits per heavy atom. The summed E-state index contributed by atoms with van der Waals surface area (Å²) in [7, 11) is 3.94. The molecule has 0 aliphatic heterocycles. The topological polar surface area (TPSA) is 86.9 Å². The van der Waals surface area contributed by atoms with E-state index in [2.05, 4.69) is 253 Å². The molecule has 8 heteroatoms. The average molecular weight is 887 g/mol. The lowest BCUT2D eigenvalue weighted by Crippen LogP contribution is -2.74. The summed E-state index contributed by atoms with van der Waals surface area (Å²) in [5, 5.41) is 14.6. The molecule has 0 radical (unpaired) electrons. The third kappa shape index (κ3) is 13.2. The maximum atomic E-state index is 7.32. The van der Waals surface area contributed by atoms with Gasteiger partial charge in [-0.25, -0.2) is 9.13 Å². The molecule has 0 saturated carbocycles. The fraction of sp³-hybridized carbons (Fsp3) is 0.0667. The first kappa shape index (κ1) is 50.3. The predicted molar refractivity (Wildman–Crippen MR) is 287 cm³/mol. The molecule has 10 rings (SSSR count). The molecule has 10 aromatic rings. The molecule has 0 atom stereocenters. The van der Waals surface area contributed by atoms with Crippen molar-refractivity contribution in [2.75, 3.05) is 0 Å². The molecular formula is C60H60B2N6. The summed E-state index contributed by atoms with van der Waals surface area (Å²) >= 11 is 0. The molecule has 0 unspecified atom stereocenters. The molecule has 0 spiro atoms. The number of hydrogen-bond acceptors (Lipinski definition) is 2. The van der Waals surface area contributed by atoms with Crippen LogP contribution in [0.4, 0.5) is 0 Å². The van der Waals surface area contributed by atoms with E-state index in [4.69, 9.17) is 10.5 Å². The molecule has 2 N–H and O–H groups in total. The van der Waals surface area contributed by atoms with E-state index >= 15 is 0 Å². The van der Waals surface area contributed by atoms with Gasteiger partial charge in [-0.2, -0.15) is 54.2 Å². The van der Waals surface area contributed by atoms with Crippen molar-refractivity contribution >= 4 is 56.0 Å². The third-order valence-electron chi connectivity index (χ3n) is 11.8. The summed E-state index contributed by atoms with van der Waals surface area (Å²) in [5.74, 6) is 0. The van der Waals surface area contributed by atoms with Gasteiger partial charge in [0.2, 0.25) is 12.7 Å². The number of hydrogen-bond donors (Lipinski definition) is 2. The quantitative estimate of drug-likeness (QED) is 0.129. The highest BCUT2D eigenvalue weighted by Gasteiger charge is 2.32. The first-order valence-corrected chi connectivity index (χ1v) is 22.8. The number of aromatic amines is 2. The largest absolute Gasteiger partial charge is 0.250 e. The summed E-state index contributed by atoms with van der Waals surface area (Å²) in [6.07, 6.45) is 8.96. The second kappa shape index (κ2) is 27.6. The second-order valence-electron chi connectivity index (χ2n) is 16.0. The number of nitriles is 2. The smallest absolute Gasteiger partial charge is 0.241 e. The van der Waals surface area contributed by atoms with Crippen LogP contribution in [0.2, 0.25) is 0 Å². The van der Waals surface area contributed by atoms with Gasteiger partial charge in [-0.1, -0.05) is 243 Å². The van der Waals surface area contributed by atoms with E-state index in [9.17, 15) is 0 Å². The van der Waals surface area contributed by atoms with E-state index < -0.39 is 12.3 Å². The Hall–Kier alpha value is -8.71. The predicted octanol–water partition coefficient (Wildman–Crippen LogP) is 6.87. The molecule has 68 heavy (non-hydrogen) atoms. The summed E-state index contributed by atoms with van der Waals surface area (Å²) in [4.78, 5) is 5.78. The standard InChI is InChI=1S/2C24H20B.2C4H6N2.2C2H3N/c2*1-5-13-21(14-6-1)25(22-15-7-2-8-16-22,23-17-9-3-10-18-23)24-19-11-4-12-20-24;2*1-6-3-2-5-4-6;2*1-2-3/h2*1-20H;2*2-4H,1H3;2*1H3/q2*-1;;;;/p+2. The van der Waals surface area contributed by atoms with Gasteiger partial charge in [-0.05, 0) is 0 Å². The first-order valence-electron chi connectivity index (χ1n) is 22.8. The van der Waals surface area contributed by atoms with Crippen LogP contribution in [-0.2, 0) is 14.1 Å². The van der Waals surface area contributed by atoms with E-state index in [1.165, 1.54) is 57.5 Å². The van der Waals surface area contributed by atoms with Crippen LogP contribution in [0.5, 0.6) is 0 Å². The lowest BCUT2D eigenvalue weighted by atomic mass is 9.13. The summed E-state index contributed by atoms with van der Waals surface area (Å²) in [5.41, 5.74) is 10.7. The van der Waals surface area contributed by atoms with Gasteiger partial charge in [0.05, 0.1) is 26.2 Å². The maximum absolute atomic E-state index is 7.32. The van der Waals surface area contributed by atoms with Gasteiger partial charge in [-0.15, -0.1) is 0 Å². The van der Waals surface area contributed by atoms with Gasteiger partial charge in [0.25, 0.3) is 0 Å². The lowest BCUT2D eigenvalue weighted by molar-refractivity contribution is -0.670. The molecule has 336 valence electrons. The molecule has 0 bridgehead atoms. The number of aromatic nitrogens is 4. The van der Waals surface area contributed by atoms with Crippen LogP contribution in [0.25, 0.3) is 0 Å². The number of rotatable bonds is 8. The van der Waals surface area contributed by atoms with Crippen molar-refractivity contribution in [2.24, 2.45) is 14.1 Å². The molecule has 2 heterocycles. The van der Waals surface area contributed by atoms with Crippen LogP contribution in [0.3, 0.4) is 0 Å². The Morgan fingerprint density at radius 3 is 0.544 bits per heavy atom. The number of H-pyrrole nitrogens is 2. The number of nitrogens with one attached hydrogen (secondary N) is 2. The average Bonchev–Trinajstić information content (AvgIpc) is 4.11. The number of nitrogens with zero attached hydrogens (tertiary/aromatic N) is 4. The Kier molecular flexibility index (Phi) is 20.4. The van der Waals surface area contributed by atoms with Crippen molar-refractivity contribution in [1.82, 2.24) is 9.97 Å². The third-order valence-corrected chi connectivity index (χ3v) is 11.8. The molecule has 0 fully saturated rings. The Morgan fingerprint density at radius 1 is 0.309 bits per heavy atom. The zero-order valence-electron chi connectivity index (χ0n) is 39.5. The molecular weight excluding hydrogens is 826 g/mol. The van der Waals surface area contributed by atoms with Crippen molar-refractivity contribution in [1.29, 1.82) is 10.5 Å². The zero-order chi connectivity index (χ0) is 48.1. The van der Waals surface area contributed by atoms with Crippen LogP contribution in [0.1, 0.15) is 13.8 Å². The van der Waals surface area contributed by atoms with Crippen LogP contribution in [0.15, 0.2) is 280 Å². The molecule has 0 saturated heterocycles. The molecule has 2 aromatic heterocycles. The number of aryl methyl sites for hydroxylation is 2. The van der Waals surface area contributed by atoms with E-state index in [0.29, 0.717) is 0 Å². The van der Waals surface area contributed by atoms with E-state index in [1.54, 1.807) is 12.1 Å². The summed E-state index contributed by atoms with van der Waals surface area (Å²) in [6.45, 7) is 2.86. The monoisotopic (exact) mass is 887 g/mol. The van der Waals surface area contributed by atoms with Crippen LogP contribution >= 0.6 is 0 Å². The molecule has 8 aromatic carbocycles. The molecule has 0 aliphatic rings. The van der Waals surface area contributed by atoms with E-state index in [-0.39, 0.29) is 0 Å². The van der Waals surface area contributed by atoms with Gasteiger partial charge in [0.15, 0.2) is 0 Å². The van der Waals surface area contributed by atoms with Gasteiger partial charge in [0.1, 0.15) is 37.1 Å². The minimum atomic E-state index is -1.22. The van der Waals surface area contributed by atoms with E-state index in [1.807, 2.05) is 60.7 Å². The maximum Gasteiger partial charge on any atom is 0.241 e. The van der Waals surface area contributed by atoms with Gasteiger partial charge < -0.3 is 0 Å². The van der Waals surface area contributed by atoms with Crippen LogP contribution < -0.4 is 52.8 Å². The van der Waals surface area contributed by atoms with Crippen molar-refractivity contribution < 1.29 is 9.13 Å². The van der Waals surface area contributed by atoms with Gasteiger partial charge >= 0.3 is 0 Å². The number of imidazole rings is 2. The Bertz CT molecular complexity index is 2380. The zero-order valence-corrected chi connectivity index (χ0v) is 39.5. The van der Waals surface area contributed by atoms with E-state index in [0.717, 1.165) is 0 Å². The highest BCUT2D eigenvalue weighted by atomic mass is 15.0. The number of benzene rings is 8. The van der Waals surface area contributed by atoms with Crippen molar-refractivity contribution in [2.45, 2.75) is 13.8 Å². The normalized spacial score (nSPS) is 10.0. The second-order valence-corrected chi connectivity index (χ2v) is 16.0.